The number of nitrogens with one attached hydrogen (secondary N) is 1. The van der Waals surface area contributed by atoms with Crippen LogP contribution in [0.1, 0.15) is 24.1 Å². The molecule has 0 spiro atoms. The van der Waals surface area contributed by atoms with Gasteiger partial charge in [-0.05, 0) is 24.1 Å². The fraction of sp³-hybridized carbons (Fsp3) is 0.188. The largest absolute Gasteiger partial charge is 0.394 e. The first-order chi connectivity index (χ1) is 10.1. The summed E-state index contributed by atoms with van der Waals surface area (Å²) in [6.07, 6.45) is 2.59. The van der Waals surface area contributed by atoms with Crippen LogP contribution >= 0.6 is 0 Å². The van der Waals surface area contributed by atoms with Gasteiger partial charge in [-0.3, -0.25) is 4.79 Å². The van der Waals surface area contributed by atoms with Crippen LogP contribution in [0.25, 0.3) is 5.57 Å². The second-order valence-corrected chi connectivity index (χ2v) is 4.21. The Morgan fingerprint density at radius 2 is 2.00 bits per heavy atom. The first-order valence-corrected chi connectivity index (χ1v) is 6.34. The molecule has 0 radical (unpaired) electrons. The standard InChI is InChI=1S/C16H17F2NO2/c1-3-13(17)16(14(18)4-2)12-7-5-11(6-8-12)15(9-20)19-10-21/h3-8,10,15,20H,1,9H2,2H3,(H,19,21)/b14-4+,16-13+. The van der Waals surface area contributed by atoms with Crippen LogP contribution in [0.4, 0.5) is 8.78 Å². The van der Waals surface area contributed by atoms with Gasteiger partial charge in [-0.1, -0.05) is 36.9 Å². The molecule has 5 heteroatoms. The van der Waals surface area contributed by atoms with E-state index in [1.807, 2.05) is 0 Å². The van der Waals surface area contributed by atoms with Crippen molar-refractivity contribution in [2.24, 2.45) is 0 Å². The number of carbonyl (C=O) groups excluding carboxylic acids is 1. The van der Waals surface area contributed by atoms with E-state index < -0.39 is 17.7 Å². The van der Waals surface area contributed by atoms with E-state index in [1.165, 1.54) is 19.1 Å². The molecule has 1 unspecified atom stereocenters. The Bertz CT molecular complexity index is 562. The fourth-order valence-corrected chi connectivity index (χ4v) is 1.85. The van der Waals surface area contributed by atoms with Crippen LogP contribution < -0.4 is 5.32 Å². The first kappa shape index (κ1) is 16.8. The van der Waals surface area contributed by atoms with Crippen LogP contribution in [0.2, 0.25) is 0 Å². The lowest BCUT2D eigenvalue weighted by Crippen LogP contribution is -2.22. The number of allylic oxidation sites excluding steroid dienone is 5. The van der Waals surface area contributed by atoms with Gasteiger partial charge in [0, 0.05) is 0 Å². The van der Waals surface area contributed by atoms with Crippen molar-refractivity contribution in [3.05, 3.63) is 65.8 Å². The lowest BCUT2D eigenvalue weighted by Gasteiger charge is -2.14. The van der Waals surface area contributed by atoms with E-state index in [-0.39, 0.29) is 12.2 Å². The number of aliphatic hydroxyl groups is 1. The van der Waals surface area contributed by atoms with Crippen LogP contribution in [-0.4, -0.2) is 18.1 Å². The van der Waals surface area contributed by atoms with E-state index in [4.69, 9.17) is 5.11 Å². The van der Waals surface area contributed by atoms with Crippen molar-refractivity contribution in [2.75, 3.05) is 6.61 Å². The molecule has 1 rings (SSSR count). The number of amides is 1. The molecule has 0 aliphatic carbocycles. The van der Waals surface area contributed by atoms with Crippen molar-refractivity contribution >= 4 is 12.0 Å². The summed E-state index contributed by atoms with van der Waals surface area (Å²) in [7, 11) is 0. The van der Waals surface area contributed by atoms with Crippen molar-refractivity contribution in [1.82, 2.24) is 5.32 Å². The summed E-state index contributed by atoms with van der Waals surface area (Å²) < 4.78 is 27.5. The van der Waals surface area contributed by atoms with Gasteiger partial charge in [0.1, 0.15) is 11.7 Å². The van der Waals surface area contributed by atoms with E-state index in [0.717, 1.165) is 12.2 Å². The number of rotatable bonds is 7. The third-order valence-corrected chi connectivity index (χ3v) is 2.96. The van der Waals surface area contributed by atoms with Gasteiger partial charge in [0.05, 0.1) is 18.2 Å². The number of hydrogen-bond acceptors (Lipinski definition) is 2. The summed E-state index contributed by atoms with van der Waals surface area (Å²) in [4.78, 5) is 10.4. The predicted molar refractivity (Wildman–Crippen MR) is 78.6 cm³/mol. The van der Waals surface area contributed by atoms with Crippen molar-refractivity contribution in [2.45, 2.75) is 13.0 Å². The maximum Gasteiger partial charge on any atom is 0.207 e. The quantitative estimate of drug-likeness (QED) is 0.599. The molecule has 0 fully saturated rings. The summed E-state index contributed by atoms with van der Waals surface area (Å²) in [5, 5.41) is 11.6. The Morgan fingerprint density at radius 3 is 2.43 bits per heavy atom. The Hall–Kier alpha value is -2.27. The molecular formula is C16H17F2NO2. The topological polar surface area (TPSA) is 49.3 Å². The van der Waals surface area contributed by atoms with Crippen molar-refractivity contribution in [3.63, 3.8) is 0 Å². The molecule has 0 bridgehead atoms. The molecule has 112 valence electrons. The van der Waals surface area contributed by atoms with Crippen LogP contribution in [0.5, 0.6) is 0 Å². The zero-order chi connectivity index (χ0) is 15.8. The Labute approximate surface area is 122 Å². The highest BCUT2D eigenvalue weighted by atomic mass is 19.1. The molecule has 0 aromatic heterocycles. The number of halogens is 2. The molecule has 2 N–H and O–H groups in total. The molecule has 3 nitrogen and oxygen atoms in total. The monoisotopic (exact) mass is 293 g/mol. The summed E-state index contributed by atoms with van der Waals surface area (Å²) >= 11 is 0. The minimum absolute atomic E-state index is 0.178. The van der Waals surface area contributed by atoms with E-state index in [9.17, 15) is 13.6 Å². The highest BCUT2D eigenvalue weighted by molar-refractivity contribution is 5.79. The molecule has 1 atom stereocenters. The van der Waals surface area contributed by atoms with Gasteiger partial charge in [0.2, 0.25) is 6.41 Å². The number of carbonyl (C=O) groups is 1. The lowest BCUT2D eigenvalue weighted by molar-refractivity contribution is -0.110. The van der Waals surface area contributed by atoms with Crippen LogP contribution in [0, 0.1) is 0 Å². The molecule has 1 aromatic carbocycles. The maximum atomic E-state index is 13.8. The van der Waals surface area contributed by atoms with Crippen molar-refractivity contribution < 1.29 is 18.7 Å². The first-order valence-electron chi connectivity index (χ1n) is 6.34. The van der Waals surface area contributed by atoms with Crippen molar-refractivity contribution in [3.8, 4) is 0 Å². The molecule has 0 heterocycles. The summed E-state index contributed by atoms with van der Waals surface area (Å²) in [5.41, 5.74) is 0.796. The summed E-state index contributed by atoms with van der Waals surface area (Å²) in [6.45, 7) is 4.49. The van der Waals surface area contributed by atoms with Gasteiger partial charge in [-0.15, -0.1) is 0 Å². The Morgan fingerprint density at radius 1 is 1.38 bits per heavy atom. The van der Waals surface area contributed by atoms with Gasteiger partial charge in [-0.25, -0.2) is 8.78 Å². The lowest BCUT2D eigenvalue weighted by atomic mass is 9.99. The normalized spacial score (nSPS) is 14.2. The van der Waals surface area contributed by atoms with Gasteiger partial charge in [0.15, 0.2) is 0 Å². The molecule has 21 heavy (non-hydrogen) atoms. The van der Waals surface area contributed by atoms with Crippen LogP contribution in [-0.2, 0) is 4.79 Å². The second-order valence-electron chi connectivity index (χ2n) is 4.21. The number of aliphatic hydroxyl groups excluding tert-OH is 1. The molecule has 0 saturated heterocycles. The van der Waals surface area contributed by atoms with E-state index in [0.29, 0.717) is 17.5 Å². The third kappa shape index (κ3) is 4.10. The molecule has 0 aliphatic rings. The second kappa shape index (κ2) is 8.11. The minimum Gasteiger partial charge on any atom is -0.394 e. The van der Waals surface area contributed by atoms with Crippen LogP contribution in [0.3, 0.4) is 0 Å². The average molecular weight is 293 g/mol. The molecule has 1 aromatic rings. The van der Waals surface area contributed by atoms with E-state index >= 15 is 0 Å². The highest BCUT2D eigenvalue weighted by Gasteiger charge is 2.14. The fourth-order valence-electron chi connectivity index (χ4n) is 1.85. The molecule has 1 amide bonds. The Kier molecular flexibility index (Phi) is 6.49. The maximum absolute atomic E-state index is 13.8. The molecule has 0 aliphatic heterocycles. The molecule has 0 saturated carbocycles. The van der Waals surface area contributed by atoms with Crippen LogP contribution in [0.15, 0.2) is 54.7 Å². The van der Waals surface area contributed by atoms with Gasteiger partial charge in [-0.2, -0.15) is 0 Å². The highest BCUT2D eigenvalue weighted by Crippen LogP contribution is 2.29. The smallest absolute Gasteiger partial charge is 0.207 e. The van der Waals surface area contributed by atoms with Gasteiger partial charge < -0.3 is 10.4 Å². The van der Waals surface area contributed by atoms with Crippen molar-refractivity contribution in [1.29, 1.82) is 0 Å². The minimum atomic E-state index is -0.761. The SMILES string of the molecule is C=C/C(F)=C(\C(F)=C/C)c1ccc(C(CO)NC=O)cc1. The number of hydrogen-bond donors (Lipinski definition) is 2. The zero-order valence-electron chi connectivity index (χ0n) is 11.6. The third-order valence-electron chi connectivity index (χ3n) is 2.96. The predicted octanol–water partition coefficient (Wildman–Crippen LogP) is 3.21. The van der Waals surface area contributed by atoms with Gasteiger partial charge in [0.25, 0.3) is 0 Å². The van der Waals surface area contributed by atoms with E-state index in [1.54, 1.807) is 12.1 Å². The Balaban J connectivity index is 3.21. The molecular weight excluding hydrogens is 276 g/mol. The average Bonchev–Trinajstić information content (AvgIpc) is 2.53. The number of benzene rings is 1. The zero-order valence-corrected chi connectivity index (χ0v) is 11.6. The van der Waals surface area contributed by atoms with E-state index in [2.05, 4.69) is 11.9 Å². The summed E-state index contributed by atoms with van der Waals surface area (Å²) in [5.74, 6) is -1.45. The summed E-state index contributed by atoms with van der Waals surface area (Å²) in [6, 6.07) is 5.66. The van der Waals surface area contributed by atoms with Gasteiger partial charge >= 0.3 is 0 Å².